The number of phenolic OH excluding ortho intramolecular Hbond substituents is 1. The summed E-state index contributed by atoms with van der Waals surface area (Å²) in [6, 6.07) is 3.56. The van der Waals surface area contributed by atoms with E-state index in [-0.39, 0.29) is 12.2 Å². The molecule has 1 aromatic carbocycles. The van der Waals surface area contributed by atoms with Crippen LogP contribution in [-0.2, 0) is 10.2 Å². The van der Waals surface area contributed by atoms with E-state index >= 15 is 0 Å². The van der Waals surface area contributed by atoms with Gasteiger partial charge in [-0.1, -0.05) is 6.07 Å². The molecule has 1 aliphatic carbocycles. The standard InChI is InChI=1S/C13H16O4/c1-8-3-4-9(17-2)12(16)11(8)13(5-6-13)7-10(14)15/h3-4,16H,5-7H2,1-2H3,(H,14,15). The van der Waals surface area contributed by atoms with Crippen LogP contribution in [-0.4, -0.2) is 23.3 Å². The topological polar surface area (TPSA) is 66.8 Å². The third-order valence-corrected chi connectivity index (χ3v) is 3.44. The first-order valence-electron chi connectivity index (χ1n) is 5.59. The number of methoxy groups -OCH3 is 1. The Bertz CT molecular complexity index is 461. The highest BCUT2D eigenvalue weighted by Crippen LogP contribution is 2.56. The Hall–Kier alpha value is -1.71. The fraction of sp³-hybridized carbons (Fsp3) is 0.462. The number of hydrogen-bond donors (Lipinski definition) is 2. The maximum absolute atomic E-state index is 10.9. The summed E-state index contributed by atoms with van der Waals surface area (Å²) in [6.07, 6.45) is 1.68. The molecule has 0 bridgehead atoms. The normalized spacial score (nSPS) is 16.6. The average Bonchev–Trinajstić information content (AvgIpc) is 2.97. The molecule has 0 atom stereocenters. The van der Waals surface area contributed by atoms with Crippen molar-refractivity contribution in [1.82, 2.24) is 0 Å². The van der Waals surface area contributed by atoms with E-state index in [4.69, 9.17) is 9.84 Å². The highest BCUT2D eigenvalue weighted by atomic mass is 16.5. The zero-order valence-corrected chi connectivity index (χ0v) is 9.99. The van der Waals surface area contributed by atoms with Gasteiger partial charge in [-0.2, -0.15) is 0 Å². The summed E-state index contributed by atoms with van der Waals surface area (Å²) in [4.78, 5) is 10.9. The molecule has 1 aromatic rings. The van der Waals surface area contributed by atoms with E-state index < -0.39 is 11.4 Å². The Kier molecular flexibility index (Phi) is 2.73. The molecule has 2 N–H and O–H groups in total. The summed E-state index contributed by atoms with van der Waals surface area (Å²) in [5.41, 5.74) is 1.26. The smallest absolute Gasteiger partial charge is 0.304 e. The minimum Gasteiger partial charge on any atom is -0.504 e. The van der Waals surface area contributed by atoms with Crippen molar-refractivity contribution < 1.29 is 19.7 Å². The first-order chi connectivity index (χ1) is 8.00. The second-order valence-electron chi connectivity index (χ2n) is 4.66. The summed E-state index contributed by atoms with van der Waals surface area (Å²) in [6.45, 7) is 1.89. The predicted molar refractivity (Wildman–Crippen MR) is 62.6 cm³/mol. The van der Waals surface area contributed by atoms with Gasteiger partial charge in [0.05, 0.1) is 13.5 Å². The van der Waals surface area contributed by atoms with Crippen LogP contribution in [0.1, 0.15) is 30.4 Å². The van der Waals surface area contributed by atoms with Crippen LogP contribution in [0.25, 0.3) is 0 Å². The third-order valence-electron chi connectivity index (χ3n) is 3.44. The van der Waals surface area contributed by atoms with Crippen LogP contribution in [0.5, 0.6) is 11.5 Å². The first-order valence-corrected chi connectivity index (χ1v) is 5.59. The van der Waals surface area contributed by atoms with E-state index in [9.17, 15) is 9.90 Å². The van der Waals surface area contributed by atoms with Crippen molar-refractivity contribution >= 4 is 5.97 Å². The number of aromatic hydroxyl groups is 1. The van der Waals surface area contributed by atoms with Crippen molar-refractivity contribution in [2.24, 2.45) is 0 Å². The quantitative estimate of drug-likeness (QED) is 0.841. The minimum absolute atomic E-state index is 0.0641. The van der Waals surface area contributed by atoms with Gasteiger partial charge in [-0.3, -0.25) is 4.79 Å². The lowest BCUT2D eigenvalue weighted by atomic mass is 9.88. The molecular weight excluding hydrogens is 220 g/mol. The van der Waals surface area contributed by atoms with Crippen molar-refractivity contribution in [3.63, 3.8) is 0 Å². The molecule has 0 unspecified atom stereocenters. The molecule has 0 amide bonds. The number of aliphatic carboxylic acids is 1. The van der Waals surface area contributed by atoms with E-state index in [1.807, 2.05) is 13.0 Å². The largest absolute Gasteiger partial charge is 0.504 e. The molecule has 0 heterocycles. The highest BCUT2D eigenvalue weighted by molar-refractivity contribution is 5.71. The minimum atomic E-state index is -0.830. The van der Waals surface area contributed by atoms with Gasteiger partial charge in [0, 0.05) is 11.0 Å². The zero-order valence-electron chi connectivity index (χ0n) is 9.99. The Labute approximate surface area is 99.8 Å². The van der Waals surface area contributed by atoms with Crippen LogP contribution in [0.4, 0.5) is 0 Å². The number of benzene rings is 1. The molecule has 0 saturated heterocycles. The molecule has 1 aliphatic rings. The number of carbonyl (C=O) groups is 1. The molecule has 0 radical (unpaired) electrons. The summed E-state index contributed by atoms with van der Waals surface area (Å²) < 4.78 is 5.07. The van der Waals surface area contributed by atoms with E-state index in [0.717, 1.165) is 24.0 Å². The number of ether oxygens (including phenoxy) is 1. The number of hydrogen-bond acceptors (Lipinski definition) is 3. The van der Waals surface area contributed by atoms with Crippen LogP contribution in [0.3, 0.4) is 0 Å². The van der Waals surface area contributed by atoms with Crippen molar-refractivity contribution in [2.45, 2.75) is 31.6 Å². The van der Waals surface area contributed by atoms with Crippen molar-refractivity contribution in [2.75, 3.05) is 7.11 Å². The molecule has 1 saturated carbocycles. The molecule has 0 aromatic heterocycles. The van der Waals surface area contributed by atoms with Crippen molar-refractivity contribution in [3.05, 3.63) is 23.3 Å². The zero-order chi connectivity index (χ0) is 12.6. The highest BCUT2D eigenvalue weighted by Gasteiger charge is 2.48. The van der Waals surface area contributed by atoms with Gasteiger partial charge in [-0.15, -0.1) is 0 Å². The molecular formula is C13H16O4. The lowest BCUT2D eigenvalue weighted by Gasteiger charge is -2.19. The van der Waals surface area contributed by atoms with Gasteiger partial charge in [0.15, 0.2) is 11.5 Å². The molecule has 92 valence electrons. The third kappa shape index (κ3) is 1.95. The number of phenols is 1. The number of carboxylic acid groups (broad SMARTS) is 1. The Morgan fingerprint density at radius 1 is 1.47 bits per heavy atom. The van der Waals surface area contributed by atoms with Gasteiger partial charge in [-0.25, -0.2) is 0 Å². The molecule has 17 heavy (non-hydrogen) atoms. The van der Waals surface area contributed by atoms with Crippen LogP contribution in [0, 0.1) is 6.92 Å². The van der Waals surface area contributed by atoms with Crippen LogP contribution < -0.4 is 4.74 Å². The lowest BCUT2D eigenvalue weighted by molar-refractivity contribution is -0.137. The Morgan fingerprint density at radius 2 is 2.12 bits per heavy atom. The number of rotatable bonds is 4. The van der Waals surface area contributed by atoms with Crippen LogP contribution in [0.2, 0.25) is 0 Å². The lowest BCUT2D eigenvalue weighted by Crippen LogP contribution is -2.14. The first kappa shape index (κ1) is 11.8. The van der Waals surface area contributed by atoms with E-state index in [0.29, 0.717) is 5.75 Å². The number of carboxylic acids is 1. The Balaban J connectivity index is 2.48. The summed E-state index contributed by atoms with van der Waals surface area (Å²) in [5.74, 6) is -0.336. The summed E-state index contributed by atoms with van der Waals surface area (Å²) >= 11 is 0. The van der Waals surface area contributed by atoms with E-state index in [1.54, 1.807) is 6.07 Å². The number of aryl methyl sites for hydroxylation is 1. The summed E-state index contributed by atoms with van der Waals surface area (Å²) in [7, 11) is 1.49. The van der Waals surface area contributed by atoms with Gasteiger partial charge < -0.3 is 14.9 Å². The SMILES string of the molecule is COc1ccc(C)c(C2(CC(=O)O)CC2)c1O. The monoisotopic (exact) mass is 236 g/mol. The van der Waals surface area contributed by atoms with Gasteiger partial charge in [0.25, 0.3) is 0 Å². The molecule has 4 nitrogen and oxygen atoms in total. The van der Waals surface area contributed by atoms with E-state index in [1.165, 1.54) is 7.11 Å². The predicted octanol–water partition coefficient (Wildman–Crippen LogP) is 2.22. The molecule has 0 aliphatic heterocycles. The fourth-order valence-electron chi connectivity index (χ4n) is 2.46. The Morgan fingerprint density at radius 3 is 2.59 bits per heavy atom. The molecule has 1 fully saturated rings. The average molecular weight is 236 g/mol. The van der Waals surface area contributed by atoms with Gasteiger partial charge in [-0.05, 0) is 31.4 Å². The van der Waals surface area contributed by atoms with Gasteiger partial charge in [0.2, 0.25) is 0 Å². The van der Waals surface area contributed by atoms with Crippen LogP contribution in [0.15, 0.2) is 12.1 Å². The maximum atomic E-state index is 10.9. The van der Waals surface area contributed by atoms with Crippen LogP contribution >= 0.6 is 0 Å². The van der Waals surface area contributed by atoms with Crippen molar-refractivity contribution in [1.29, 1.82) is 0 Å². The molecule has 2 rings (SSSR count). The second kappa shape index (κ2) is 3.95. The van der Waals surface area contributed by atoms with Crippen molar-refractivity contribution in [3.8, 4) is 11.5 Å². The summed E-state index contributed by atoms with van der Waals surface area (Å²) in [5, 5.41) is 19.1. The van der Waals surface area contributed by atoms with Gasteiger partial charge in [0.1, 0.15) is 0 Å². The maximum Gasteiger partial charge on any atom is 0.304 e. The van der Waals surface area contributed by atoms with E-state index in [2.05, 4.69) is 0 Å². The molecule has 4 heteroatoms. The second-order valence-corrected chi connectivity index (χ2v) is 4.66. The molecule has 0 spiro atoms. The van der Waals surface area contributed by atoms with Gasteiger partial charge >= 0.3 is 5.97 Å². The fourth-order valence-corrected chi connectivity index (χ4v) is 2.46.